The summed E-state index contributed by atoms with van der Waals surface area (Å²) in [5, 5.41) is 0.901. The van der Waals surface area contributed by atoms with Crippen LogP contribution in [0.1, 0.15) is 52.9 Å². The maximum atomic E-state index is 12.8. The monoisotopic (exact) mass is 401 g/mol. The molecule has 0 saturated heterocycles. The van der Waals surface area contributed by atoms with E-state index in [9.17, 15) is 4.79 Å². The van der Waals surface area contributed by atoms with Gasteiger partial charge in [-0.2, -0.15) is 9.97 Å². The Balaban J connectivity index is 3.15. The number of ether oxygens (including phenoxy) is 2. The van der Waals surface area contributed by atoms with Gasteiger partial charge >= 0.3 is 0 Å². The Bertz CT molecular complexity index is 476. The fourth-order valence-corrected chi connectivity index (χ4v) is 2.64. The molecular formula is C17H28BrN3O3. The maximum Gasteiger partial charge on any atom is 0.245 e. The van der Waals surface area contributed by atoms with Crippen LogP contribution in [0.3, 0.4) is 0 Å². The highest BCUT2D eigenvalue weighted by Gasteiger charge is 2.25. The van der Waals surface area contributed by atoms with Gasteiger partial charge in [-0.25, -0.2) is 0 Å². The minimum absolute atomic E-state index is 0.0566. The fraction of sp³-hybridized carbons (Fsp3) is 0.706. The van der Waals surface area contributed by atoms with E-state index in [1.165, 1.54) is 6.33 Å². The zero-order chi connectivity index (χ0) is 17.8. The molecule has 0 spiro atoms. The summed E-state index contributed by atoms with van der Waals surface area (Å²) in [5.74, 6) is 0.864. The first-order valence-corrected chi connectivity index (χ1v) is 9.78. The molecule has 0 bridgehead atoms. The van der Waals surface area contributed by atoms with Gasteiger partial charge in [0.1, 0.15) is 6.33 Å². The summed E-state index contributed by atoms with van der Waals surface area (Å²) in [7, 11) is 0. The minimum Gasteiger partial charge on any atom is -0.476 e. The van der Waals surface area contributed by atoms with E-state index in [4.69, 9.17) is 9.47 Å². The Kier molecular flexibility index (Phi) is 10.4. The second-order valence-corrected chi connectivity index (χ2v) is 6.04. The van der Waals surface area contributed by atoms with Gasteiger partial charge in [0.15, 0.2) is 5.69 Å². The quantitative estimate of drug-likeness (QED) is 0.391. The van der Waals surface area contributed by atoms with Gasteiger partial charge in [-0.15, -0.1) is 0 Å². The first-order chi connectivity index (χ1) is 11.7. The van der Waals surface area contributed by atoms with Gasteiger partial charge in [-0.05, 0) is 33.1 Å². The number of hydrogen-bond acceptors (Lipinski definition) is 5. The van der Waals surface area contributed by atoms with Crippen LogP contribution in [0, 0.1) is 0 Å². The molecule has 1 aromatic rings. The molecule has 0 aromatic carbocycles. The average molecular weight is 402 g/mol. The van der Waals surface area contributed by atoms with Crippen molar-refractivity contribution >= 4 is 27.5 Å². The third kappa shape index (κ3) is 6.26. The number of aromatic nitrogens is 2. The molecule has 1 heterocycles. The molecule has 1 aromatic heterocycles. The molecule has 24 heavy (non-hydrogen) atoms. The molecule has 0 fully saturated rings. The van der Waals surface area contributed by atoms with Crippen LogP contribution in [0.15, 0.2) is 6.33 Å². The summed E-state index contributed by atoms with van der Waals surface area (Å²) in [6, 6.07) is 0. The predicted octanol–water partition coefficient (Wildman–Crippen LogP) is 3.97. The van der Waals surface area contributed by atoms with Crippen molar-refractivity contribution in [3.63, 3.8) is 0 Å². The van der Waals surface area contributed by atoms with E-state index in [2.05, 4.69) is 32.8 Å². The molecule has 136 valence electrons. The first kappa shape index (κ1) is 20.7. The van der Waals surface area contributed by atoms with Crippen molar-refractivity contribution in [2.75, 3.05) is 30.0 Å². The number of carbonyl (C=O) groups is 1. The van der Waals surface area contributed by atoms with Crippen LogP contribution >= 0.6 is 15.9 Å². The molecule has 0 aliphatic carbocycles. The molecule has 0 unspecified atom stereocenters. The first-order valence-electron chi connectivity index (χ1n) is 8.66. The molecule has 0 saturated carbocycles. The SMILES string of the molecule is CCCCN(C(=O)CCCCBr)c1c(OCC)ncnc1OCC. The summed E-state index contributed by atoms with van der Waals surface area (Å²) in [6.45, 7) is 7.42. The summed E-state index contributed by atoms with van der Waals surface area (Å²) >= 11 is 3.40. The molecule has 6 nitrogen and oxygen atoms in total. The molecule has 1 rings (SSSR count). The number of hydrogen-bond donors (Lipinski definition) is 0. The smallest absolute Gasteiger partial charge is 0.245 e. The van der Waals surface area contributed by atoms with Crippen LogP contribution in [0.4, 0.5) is 5.69 Å². The van der Waals surface area contributed by atoms with Crippen molar-refractivity contribution in [2.24, 2.45) is 0 Å². The number of halogens is 1. The summed E-state index contributed by atoms with van der Waals surface area (Å²) < 4.78 is 11.3. The number of alkyl halides is 1. The zero-order valence-corrected chi connectivity index (χ0v) is 16.5. The lowest BCUT2D eigenvalue weighted by molar-refractivity contribution is -0.118. The van der Waals surface area contributed by atoms with Crippen LogP contribution in [-0.2, 0) is 4.79 Å². The molecular weight excluding hydrogens is 374 g/mol. The van der Waals surface area contributed by atoms with Crippen molar-refractivity contribution in [3.05, 3.63) is 6.33 Å². The van der Waals surface area contributed by atoms with Crippen LogP contribution in [0.25, 0.3) is 0 Å². The highest BCUT2D eigenvalue weighted by Crippen LogP contribution is 2.35. The Hall–Kier alpha value is -1.37. The lowest BCUT2D eigenvalue weighted by atomic mass is 10.2. The Morgan fingerprint density at radius 1 is 1.08 bits per heavy atom. The molecule has 0 radical (unpaired) electrons. The van der Waals surface area contributed by atoms with Gasteiger partial charge in [0.25, 0.3) is 0 Å². The predicted molar refractivity (Wildman–Crippen MR) is 99.3 cm³/mol. The Morgan fingerprint density at radius 2 is 1.71 bits per heavy atom. The van der Waals surface area contributed by atoms with E-state index in [-0.39, 0.29) is 5.91 Å². The van der Waals surface area contributed by atoms with Gasteiger partial charge in [-0.3, -0.25) is 4.79 Å². The minimum atomic E-state index is 0.0566. The molecule has 0 aliphatic rings. The number of unbranched alkanes of at least 4 members (excludes halogenated alkanes) is 2. The van der Waals surface area contributed by atoms with Crippen LogP contribution in [-0.4, -0.2) is 41.0 Å². The standard InChI is InChI=1S/C17H28BrN3O3/c1-4-7-12-21(14(22)10-8-9-11-18)15-16(23-5-2)19-13-20-17(15)24-6-3/h13H,4-12H2,1-3H3. The summed E-state index contributed by atoms with van der Waals surface area (Å²) in [6.07, 6.45) is 5.60. The van der Waals surface area contributed by atoms with Gasteiger partial charge in [0, 0.05) is 18.3 Å². The van der Waals surface area contributed by atoms with Gasteiger partial charge in [0.05, 0.1) is 13.2 Å². The lowest BCUT2D eigenvalue weighted by Gasteiger charge is -2.25. The van der Waals surface area contributed by atoms with Crippen molar-refractivity contribution in [1.82, 2.24) is 9.97 Å². The largest absolute Gasteiger partial charge is 0.476 e. The number of anilines is 1. The topological polar surface area (TPSA) is 64.6 Å². The molecule has 0 atom stereocenters. The van der Waals surface area contributed by atoms with Crippen LogP contribution in [0.2, 0.25) is 0 Å². The highest BCUT2D eigenvalue weighted by atomic mass is 79.9. The lowest BCUT2D eigenvalue weighted by Crippen LogP contribution is -2.33. The van der Waals surface area contributed by atoms with E-state index < -0.39 is 0 Å². The average Bonchev–Trinajstić information content (AvgIpc) is 2.58. The molecule has 0 aliphatic heterocycles. The second-order valence-electron chi connectivity index (χ2n) is 5.24. The molecule has 7 heteroatoms. The third-order valence-electron chi connectivity index (χ3n) is 3.40. The normalized spacial score (nSPS) is 10.5. The number of nitrogens with zero attached hydrogens (tertiary/aromatic N) is 3. The van der Waals surface area contributed by atoms with E-state index >= 15 is 0 Å². The molecule has 0 N–H and O–H groups in total. The van der Waals surface area contributed by atoms with Crippen molar-refractivity contribution in [3.8, 4) is 11.8 Å². The third-order valence-corrected chi connectivity index (χ3v) is 3.96. The Morgan fingerprint density at radius 3 is 2.21 bits per heavy atom. The highest BCUT2D eigenvalue weighted by molar-refractivity contribution is 9.09. The van der Waals surface area contributed by atoms with Crippen LogP contribution in [0.5, 0.6) is 11.8 Å². The summed E-state index contributed by atoms with van der Waals surface area (Å²) in [5.41, 5.74) is 0.554. The van der Waals surface area contributed by atoms with E-state index in [1.54, 1.807) is 4.90 Å². The van der Waals surface area contributed by atoms with Crippen molar-refractivity contribution < 1.29 is 14.3 Å². The Labute approximate surface area is 153 Å². The van der Waals surface area contributed by atoms with E-state index in [1.807, 2.05) is 13.8 Å². The van der Waals surface area contributed by atoms with Gasteiger partial charge < -0.3 is 14.4 Å². The van der Waals surface area contributed by atoms with Crippen molar-refractivity contribution in [2.45, 2.75) is 52.9 Å². The van der Waals surface area contributed by atoms with Gasteiger partial charge in [0.2, 0.25) is 17.7 Å². The van der Waals surface area contributed by atoms with Gasteiger partial charge in [-0.1, -0.05) is 29.3 Å². The fourth-order valence-electron chi connectivity index (χ4n) is 2.25. The summed E-state index contributed by atoms with van der Waals surface area (Å²) in [4.78, 5) is 22.9. The van der Waals surface area contributed by atoms with Crippen molar-refractivity contribution in [1.29, 1.82) is 0 Å². The van der Waals surface area contributed by atoms with E-state index in [0.29, 0.717) is 43.6 Å². The second kappa shape index (κ2) is 12.1. The van der Waals surface area contributed by atoms with Crippen LogP contribution < -0.4 is 14.4 Å². The number of carbonyl (C=O) groups excluding carboxylic acids is 1. The zero-order valence-electron chi connectivity index (χ0n) is 14.9. The van der Waals surface area contributed by atoms with E-state index in [0.717, 1.165) is 31.0 Å². The number of amides is 1. The molecule has 1 amide bonds. The number of rotatable bonds is 12. The maximum absolute atomic E-state index is 12.8.